The van der Waals surface area contributed by atoms with E-state index in [1.807, 2.05) is 56.3 Å². The van der Waals surface area contributed by atoms with Gasteiger partial charge in [0.15, 0.2) is 0 Å². The van der Waals surface area contributed by atoms with Gasteiger partial charge in [-0.3, -0.25) is 4.79 Å². The zero-order chi connectivity index (χ0) is 18.5. The molecule has 0 aliphatic heterocycles. The Labute approximate surface area is 153 Å². The summed E-state index contributed by atoms with van der Waals surface area (Å²) in [5.74, 6) is 2.00. The molecule has 0 radical (unpaired) electrons. The van der Waals surface area contributed by atoms with Crippen molar-refractivity contribution in [2.75, 3.05) is 12.4 Å². The molecule has 4 nitrogen and oxygen atoms in total. The fraction of sp³-hybridized carbons (Fsp3) is 0.136. The van der Waals surface area contributed by atoms with Crippen molar-refractivity contribution < 1.29 is 14.3 Å². The number of methoxy groups -OCH3 is 1. The lowest BCUT2D eigenvalue weighted by atomic mass is 10.1. The quantitative estimate of drug-likeness (QED) is 0.676. The number of carbonyl (C=O) groups excluding carboxylic acids is 1. The van der Waals surface area contributed by atoms with E-state index < -0.39 is 0 Å². The number of rotatable bonds is 5. The predicted molar refractivity (Wildman–Crippen MR) is 103 cm³/mol. The third-order valence-corrected chi connectivity index (χ3v) is 4.26. The smallest absolute Gasteiger partial charge is 0.255 e. The predicted octanol–water partition coefficient (Wildman–Crippen LogP) is 5.36. The lowest BCUT2D eigenvalue weighted by molar-refractivity contribution is 0.102. The minimum absolute atomic E-state index is 0.144. The van der Waals surface area contributed by atoms with Gasteiger partial charge < -0.3 is 14.8 Å². The third-order valence-electron chi connectivity index (χ3n) is 4.26. The molecule has 26 heavy (non-hydrogen) atoms. The molecule has 0 atom stereocenters. The fourth-order valence-electron chi connectivity index (χ4n) is 2.54. The van der Waals surface area contributed by atoms with Crippen LogP contribution in [0.2, 0.25) is 0 Å². The maximum Gasteiger partial charge on any atom is 0.255 e. The minimum Gasteiger partial charge on any atom is -0.497 e. The molecule has 0 aliphatic carbocycles. The first kappa shape index (κ1) is 17.5. The van der Waals surface area contributed by atoms with Crippen LogP contribution in [0.3, 0.4) is 0 Å². The summed E-state index contributed by atoms with van der Waals surface area (Å²) in [6, 6.07) is 20.3. The molecule has 0 saturated heterocycles. The van der Waals surface area contributed by atoms with Gasteiger partial charge in [-0.15, -0.1) is 0 Å². The Kier molecular flexibility index (Phi) is 5.23. The van der Waals surface area contributed by atoms with Crippen LogP contribution in [0.5, 0.6) is 17.2 Å². The van der Waals surface area contributed by atoms with E-state index in [0.717, 1.165) is 22.6 Å². The molecule has 0 bridgehead atoms. The zero-order valence-corrected chi connectivity index (χ0v) is 15.1. The van der Waals surface area contributed by atoms with Crippen LogP contribution < -0.4 is 14.8 Å². The number of benzene rings is 3. The number of aryl methyl sites for hydroxylation is 1. The van der Waals surface area contributed by atoms with E-state index in [0.29, 0.717) is 17.1 Å². The van der Waals surface area contributed by atoms with Gasteiger partial charge in [0.2, 0.25) is 0 Å². The normalized spacial score (nSPS) is 10.3. The lowest BCUT2D eigenvalue weighted by Crippen LogP contribution is -2.12. The molecule has 132 valence electrons. The summed E-state index contributed by atoms with van der Waals surface area (Å²) < 4.78 is 10.9. The summed E-state index contributed by atoms with van der Waals surface area (Å²) in [7, 11) is 1.62. The highest BCUT2D eigenvalue weighted by Crippen LogP contribution is 2.24. The highest BCUT2D eigenvalue weighted by Gasteiger charge is 2.09. The van der Waals surface area contributed by atoms with Crippen LogP contribution >= 0.6 is 0 Å². The molecule has 0 spiro atoms. The molecular formula is C22H21NO3. The van der Waals surface area contributed by atoms with Gasteiger partial charge in [-0.25, -0.2) is 0 Å². The van der Waals surface area contributed by atoms with Crippen molar-refractivity contribution in [1.82, 2.24) is 0 Å². The molecule has 0 unspecified atom stereocenters. The Morgan fingerprint density at radius 3 is 2.00 bits per heavy atom. The van der Waals surface area contributed by atoms with Crippen molar-refractivity contribution in [3.8, 4) is 17.2 Å². The molecule has 3 aromatic carbocycles. The van der Waals surface area contributed by atoms with Crippen molar-refractivity contribution in [1.29, 1.82) is 0 Å². The second-order valence-electron chi connectivity index (χ2n) is 6.00. The highest BCUT2D eigenvalue weighted by atomic mass is 16.5. The number of carbonyl (C=O) groups is 1. The minimum atomic E-state index is -0.144. The average molecular weight is 347 g/mol. The maximum atomic E-state index is 12.5. The number of anilines is 1. The van der Waals surface area contributed by atoms with Crippen molar-refractivity contribution >= 4 is 11.6 Å². The largest absolute Gasteiger partial charge is 0.497 e. The van der Waals surface area contributed by atoms with E-state index in [1.165, 1.54) is 0 Å². The molecule has 0 heterocycles. The van der Waals surface area contributed by atoms with Gasteiger partial charge in [-0.2, -0.15) is 0 Å². The van der Waals surface area contributed by atoms with Crippen molar-refractivity contribution in [2.24, 2.45) is 0 Å². The first-order valence-electron chi connectivity index (χ1n) is 8.36. The van der Waals surface area contributed by atoms with Crippen LogP contribution in [0.4, 0.5) is 5.69 Å². The molecule has 1 amide bonds. The fourth-order valence-corrected chi connectivity index (χ4v) is 2.54. The van der Waals surface area contributed by atoms with Gasteiger partial charge in [0.1, 0.15) is 17.2 Å². The molecule has 3 aromatic rings. The maximum absolute atomic E-state index is 12.5. The SMILES string of the molecule is COc1ccc(Oc2ccc(C(=O)Nc3cccc(C)c3C)cc2)cc1. The first-order valence-corrected chi connectivity index (χ1v) is 8.36. The van der Waals surface area contributed by atoms with Gasteiger partial charge >= 0.3 is 0 Å². The third kappa shape index (κ3) is 4.03. The summed E-state index contributed by atoms with van der Waals surface area (Å²) in [5.41, 5.74) is 3.62. The van der Waals surface area contributed by atoms with E-state index >= 15 is 0 Å². The molecule has 4 heteroatoms. The number of nitrogens with one attached hydrogen (secondary N) is 1. The number of hydrogen-bond donors (Lipinski definition) is 1. The Morgan fingerprint density at radius 2 is 1.38 bits per heavy atom. The molecule has 0 fully saturated rings. The van der Waals surface area contributed by atoms with Gasteiger partial charge in [0.05, 0.1) is 7.11 Å². The molecule has 0 aromatic heterocycles. The van der Waals surface area contributed by atoms with Crippen molar-refractivity contribution in [3.63, 3.8) is 0 Å². The Balaban J connectivity index is 1.68. The van der Waals surface area contributed by atoms with Gasteiger partial charge in [-0.05, 0) is 79.6 Å². The molecule has 0 aliphatic rings. The van der Waals surface area contributed by atoms with Crippen LogP contribution in [-0.4, -0.2) is 13.0 Å². The number of amides is 1. The van der Waals surface area contributed by atoms with E-state index in [-0.39, 0.29) is 5.91 Å². The van der Waals surface area contributed by atoms with Crippen LogP contribution in [-0.2, 0) is 0 Å². The monoisotopic (exact) mass is 347 g/mol. The summed E-state index contributed by atoms with van der Waals surface area (Å²) in [4.78, 5) is 12.5. The summed E-state index contributed by atoms with van der Waals surface area (Å²) in [6.45, 7) is 4.02. The van der Waals surface area contributed by atoms with E-state index in [1.54, 1.807) is 31.4 Å². The standard InChI is InChI=1S/C22H21NO3/c1-15-5-4-6-21(16(15)2)23-22(24)17-7-9-19(10-8-17)26-20-13-11-18(25-3)12-14-20/h4-14H,1-3H3,(H,23,24). The van der Waals surface area contributed by atoms with E-state index in [9.17, 15) is 4.79 Å². The van der Waals surface area contributed by atoms with Crippen LogP contribution in [0.1, 0.15) is 21.5 Å². The van der Waals surface area contributed by atoms with Crippen LogP contribution in [0.25, 0.3) is 0 Å². The Hall–Kier alpha value is -3.27. The summed E-state index contributed by atoms with van der Waals surface area (Å²) in [6.07, 6.45) is 0. The average Bonchev–Trinajstić information content (AvgIpc) is 2.66. The van der Waals surface area contributed by atoms with Crippen molar-refractivity contribution in [3.05, 3.63) is 83.4 Å². The lowest BCUT2D eigenvalue weighted by Gasteiger charge is -2.11. The topological polar surface area (TPSA) is 47.6 Å². The number of ether oxygens (including phenoxy) is 2. The Morgan fingerprint density at radius 1 is 0.808 bits per heavy atom. The second-order valence-corrected chi connectivity index (χ2v) is 6.00. The van der Waals surface area contributed by atoms with E-state index in [2.05, 4.69) is 5.32 Å². The molecule has 1 N–H and O–H groups in total. The summed E-state index contributed by atoms with van der Waals surface area (Å²) in [5, 5.41) is 2.96. The van der Waals surface area contributed by atoms with Crippen LogP contribution in [0.15, 0.2) is 66.7 Å². The first-order chi connectivity index (χ1) is 12.6. The molecule has 3 rings (SSSR count). The van der Waals surface area contributed by atoms with Gasteiger partial charge in [-0.1, -0.05) is 12.1 Å². The van der Waals surface area contributed by atoms with Gasteiger partial charge in [0, 0.05) is 11.3 Å². The molecular weight excluding hydrogens is 326 g/mol. The highest BCUT2D eigenvalue weighted by molar-refractivity contribution is 6.04. The zero-order valence-electron chi connectivity index (χ0n) is 15.1. The summed E-state index contributed by atoms with van der Waals surface area (Å²) >= 11 is 0. The van der Waals surface area contributed by atoms with Gasteiger partial charge in [0.25, 0.3) is 5.91 Å². The van der Waals surface area contributed by atoms with Crippen LogP contribution in [0, 0.1) is 13.8 Å². The molecule has 0 saturated carbocycles. The Bertz CT molecular complexity index is 900. The van der Waals surface area contributed by atoms with Crippen molar-refractivity contribution in [2.45, 2.75) is 13.8 Å². The number of hydrogen-bond acceptors (Lipinski definition) is 3. The second kappa shape index (κ2) is 7.74. The van der Waals surface area contributed by atoms with E-state index in [4.69, 9.17) is 9.47 Å².